The summed E-state index contributed by atoms with van der Waals surface area (Å²) in [5, 5.41) is 3.34. The number of rotatable bonds is 2. The lowest BCUT2D eigenvalue weighted by Gasteiger charge is -2.54. The fraction of sp³-hybridized carbons (Fsp3) is 0.933. The van der Waals surface area contributed by atoms with Gasteiger partial charge in [0, 0.05) is 12.1 Å². The van der Waals surface area contributed by atoms with Gasteiger partial charge in [-0.15, -0.1) is 0 Å². The van der Waals surface area contributed by atoms with Crippen LogP contribution in [0.3, 0.4) is 0 Å². The van der Waals surface area contributed by atoms with Crippen molar-refractivity contribution < 1.29 is 9.53 Å². The van der Waals surface area contributed by atoms with Crippen LogP contribution in [-0.4, -0.2) is 31.2 Å². The SMILES string of the molecule is NC1COCC1C(=O)NC1C2CC3CC(C2)CC1C3. The number of carbonyl (C=O) groups excluding carboxylic acids is 1. The van der Waals surface area contributed by atoms with E-state index in [0.29, 0.717) is 19.3 Å². The summed E-state index contributed by atoms with van der Waals surface area (Å²) in [6, 6.07) is 0.310. The Balaban J connectivity index is 1.44. The van der Waals surface area contributed by atoms with Crippen LogP contribution in [0.15, 0.2) is 0 Å². The molecule has 3 N–H and O–H groups in total. The van der Waals surface area contributed by atoms with Crippen molar-refractivity contribution in [1.29, 1.82) is 0 Å². The summed E-state index contributed by atoms with van der Waals surface area (Å²) < 4.78 is 5.31. The maximum atomic E-state index is 12.4. The predicted molar refractivity (Wildman–Crippen MR) is 71.3 cm³/mol. The summed E-state index contributed by atoms with van der Waals surface area (Å²) >= 11 is 0. The average Bonchev–Trinajstić information content (AvgIpc) is 2.79. The number of amides is 1. The average molecular weight is 264 g/mol. The third kappa shape index (κ3) is 2.00. The van der Waals surface area contributed by atoms with Gasteiger partial charge in [0.2, 0.25) is 5.91 Å². The van der Waals surface area contributed by atoms with E-state index in [4.69, 9.17) is 10.5 Å². The zero-order chi connectivity index (χ0) is 13.0. The second kappa shape index (κ2) is 4.45. The van der Waals surface area contributed by atoms with Gasteiger partial charge < -0.3 is 15.8 Å². The fourth-order valence-corrected chi connectivity index (χ4v) is 5.27. The Morgan fingerprint density at radius 3 is 2.16 bits per heavy atom. The topological polar surface area (TPSA) is 64.3 Å². The van der Waals surface area contributed by atoms with Crippen molar-refractivity contribution in [3.63, 3.8) is 0 Å². The first-order chi connectivity index (χ1) is 9.20. The molecule has 4 saturated carbocycles. The van der Waals surface area contributed by atoms with Crippen LogP contribution < -0.4 is 11.1 Å². The van der Waals surface area contributed by atoms with E-state index in [1.54, 1.807) is 0 Å². The molecule has 0 aromatic carbocycles. The Labute approximate surface area is 114 Å². The van der Waals surface area contributed by atoms with E-state index >= 15 is 0 Å². The second-order valence-electron chi connectivity index (χ2n) is 7.27. The molecule has 2 atom stereocenters. The highest BCUT2D eigenvalue weighted by atomic mass is 16.5. The lowest BCUT2D eigenvalue weighted by molar-refractivity contribution is -0.129. The molecule has 1 heterocycles. The van der Waals surface area contributed by atoms with Gasteiger partial charge in [0.05, 0.1) is 19.1 Å². The minimum Gasteiger partial charge on any atom is -0.379 e. The molecule has 5 aliphatic rings. The molecule has 5 fully saturated rings. The molecule has 4 bridgehead atoms. The van der Waals surface area contributed by atoms with E-state index in [1.165, 1.54) is 32.1 Å². The molecule has 1 saturated heterocycles. The van der Waals surface area contributed by atoms with Crippen molar-refractivity contribution in [3.05, 3.63) is 0 Å². The van der Waals surface area contributed by atoms with Crippen molar-refractivity contribution in [2.24, 2.45) is 35.3 Å². The molecule has 4 aliphatic carbocycles. The molecule has 106 valence electrons. The first-order valence-electron chi connectivity index (χ1n) is 7.84. The summed E-state index contributed by atoms with van der Waals surface area (Å²) in [6.07, 6.45) is 6.81. The van der Waals surface area contributed by atoms with Crippen LogP contribution in [0.2, 0.25) is 0 Å². The van der Waals surface area contributed by atoms with Crippen LogP contribution in [0.4, 0.5) is 0 Å². The van der Waals surface area contributed by atoms with Crippen molar-refractivity contribution >= 4 is 5.91 Å². The largest absolute Gasteiger partial charge is 0.379 e. The Kier molecular flexibility index (Phi) is 2.85. The molecule has 0 aromatic heterocycles. The molecule has 0 spiro atoms. The van der Waals surface area contributed by atoms with Crippen LogP contribution in [0.25, 0.3) is 0 Å². The summed E-state index contributed by atoms with van der Waals surface area (Å²) in [6.45, 7) is 1.03. The van der Waals surface area contributed by atoms with Crippen LogP contribution in [0, 0.1) is 29.6 Å². The summed E-state index contributed by atoms with van der Waals surface area (Å²) in [5.41, 5.74) is 5.94. The quantitative estimate of drug-likeness (QED) is 0.779. The molecule has 4 nitrogen and oxygen atoms in total. The first kappa shape index (κ1) is 12.2. The molecule has 2 unspecified atom stereocenters. The monoisotopic (exact) mass is 264 g/mol. The van der Waals surface area contributed by atoms with Gasteiger partial charge in [-0.3, -0.25) is 4.79 Å². The molecule has 1 aliphatic heterocycles. The summed E-state index contributed by atoms with van der Waals surface area (Å²) in [5.74, 6) is 3.39. The molecule has 5 rings (SSSR count). The molecule has 4 heteroatoms. The standard InChI is InChI=1S/C15H24N2O2/c16-13-7-19-6-12(13)15(18)17-14-10-2-8-1-9(4-10)5-11(14)3-8/h8-14H,1-7,16H2,(H,17,18). The molecule has 19 heavy (non-hydrogen) atoms. The molecule has 1 amide bonds. The van der Waals surface area contributed by atoms with Gasteiger partial charge in [-0.1, -0.05) is 0 Å². The van der Waals surface area contributed by atoms with Crippen molar-refractivity contribution in [1.82, 2.24) is 5.32 Å². The number of hydrogen-bond donors (Lipinski definition) is 2. The van der Waals surface area contributed by atoms with Crippen molar-refractivity contribution in [3.8, 4) is 0 Å². The maximum Gasteiger partial charge on any atom is 0.227 e. The molecular formula is C15H24N2O2. The van der Waals surface area contributed by atoms with E-state index in [0.717, 1.165) is 23.7 Å². The van der Waals surface area contributed by atoms with Gasteiger partial charge >= 0.3 is 0 Å². The van der Waals surface area contributed by atoms with E-state index in [1.807, 2.05) is 0 Å². The maximum absolute atomic E-state index is 12.4. The Morgan fingerprint density at radius 2 is 1.63 bits per heavy atom. The minimum absolute atomic E-state index is 0.114. The molecule has 0 aromatic rings. The molecule has 0 radical (unpaired) electrons. The lowest BCUT2D eigenvalue weighted by Crippen LogP contribution is -2.57. The van der Waals surface area contributed by atoms with Gasteiger partial charge in [-0.05, 0) is 55.8 Å². The van der Waals surface area contributed by atoms with Crippen molar-refractivity contribution in [2.75, 3.05) is 13.2 Å². The third-order valence-electron chi connectivity index (χ3n) is 6.00. The van der Waals surface area contributed by atoms with Crippen LogP contribution in [0.5, 0.6) is 0 Å². The second-order valence-corrected chi connectivity index (χ2v) is 7.27. The minimum atomic E-state index is -0.128. The number of carbonyl (C=O) groups is 1. The fourth-order valence-electron chi connectivity index (χ4n) is 5.27. The number of hydrogen-bond acceptors (Lipinski definition) is 3. The Hall–Kier alpha value is -0.610. The normalized spacial score (nSPS) is 51.5. The van der Waals surface area contributed by atoms with E-state index in [-0.39, 0.29) is 17.9 Å². The number of nitrogens with one attached hydrogen (secondary N) is 1. The van der Waals surface area contributed by atoms with Gasteiger partial charge in [0.15, 0.2) is 0 Å². The number of ether oxygens (including phenoxy) is 1. The van der Waals surface area contributed by atoms with Crippen LogP contribution in [-0.2, 0) is 9.53 Å². The summed E-state index contributed by atoms with van der Waals surface area (Å²) in [4.78, 5) is 12.4. The molecular weight excluding hydrogens is 240 g/mol. The zero-order valence-corrected chi connectivity index (χ0v) is 11.4. The van der Waals surface area contributed by atoms with Crippen molar-refractivity contribution in [2.45, 2.75) is 44.2 Å². The van der Waals surface area contributed by atoms with E-state index in [9.17, 15) is 4.79 Å². The third-order valence-corrected chi connectivity index (χ3v) is 6.00. The zero-order valence-electron chi connectivity index (χ0n) is 11.4. The Morgan fingerprint density at radius 1 is 1.00 bits per heavy atom. The van der Waals surface area contributed by atoms with E-state index in [2.05, 4.69) is 5.32 Å². The highest BCUT2D eigenvalue weighted by Gasteiger charge is 2.49. The van der Waals surface area contributed by atoms with E-state index < -0.39 is 0 Å². The Bertz CT molecular complexity index is 356. The predicted octanol–water partition coefficient (Wildman–Crippen LogP) is 0.901. The highest BCUT2D eigenvalue weighted by Crippen LogP contribution is 2.53. The highest BCUT2D eigenvalue weighted by molar-refractivity contribution is 5.80. The van der Waals surface area contributed by atoms with Gasteiger partial charge in [0.25, 0.3) is 0 Å². The smallest absolute Gasteiger partial charge is 0.227 e. The van der Waals surface area contributed by atoms with Gasteiger partial charge in [0.1, 0.15) is 0 Å². The summed E-state index contributed by atoms with van der Waals surface area (Å²) in [7, 11) is 0. The van der Waals surface area contributed by atoms with Gasteiger partial charge in [-0.25, -0.2) is 0 Å². The van der Waals surface area contributed by atoms with Crippen LogP contribution >= 0.6 is 0 Å². The van der Waals surface area contributed by atoms with Crippen LogP contribution in [0.1, 0.15) is 32.1 Å². The lowest BCUT2D eigenvalue weighted by atomic mass is 9.54. The van der Waals surface area contributed by atoms with Gasteiger partial charge in [-0.2, -0.15) is 0 Å². The first-order valence-corrected chi connectivity index (χ1v) is 7.84. The number of nitrogens with two attached hydrogens (primary N) is 1.